The molecule has 2 aromatic carbocycles. The Labute approximate surface area is 261 Å². The fourth-order valence-electron chi connectivity index (χ4n) is 4.96. The molecule has 0 saturated carbocycles. The van der Waals surface area contributed by atoms with E-state index in [1.807, 2.05) is 25.1 Å². The summed E-state index contributed by atoms with van der Waals surface area (Å²) in [6, 6.07) is 9.43. The average Bonchev–Trinajstić information content (AvgIpc) is 3.02. The lowest BCUT2D eigenvalue weighted by atomic mass is 10.0. The van der Waals surface area contributed by atoms with Crippen LogP contribution in [0.15, 0.2) is 49.3 Å². The van der Waals surface area contributed by atoms with Crippen molar-refractivity contribution in [3.63, 3.8) is 0 Å². The van der Waals surface area contributed by atoms with Crippen molar-refractivity contribution in [1.29, 1.82) is 0 Å². The number of aryl methyl sites for hydroxylation is 1. The summed E-state index contributed by atoms with van der Waals surface area (Å²) in [6.45, 7) is 9.55. The van der Waals surface area contributed by atoms with Gasteiger partial charge in [0.05, 0.1) is 30.9 Å². The van der Waals surface area contributed by atoms with Crippen LogP contribution in [-0.2, 0) is 22.4 Å². The molecule has 2 N–H and O–H groups in total. The molecule has 4 rings (SSSR count). The van der Waals surface area contributed by atoms with E-state index in [0.717, 1.165) is 43.0 Å². The molecule has 43 heavy (non-hydrogen) atoms. The highest BCUT2D eigenvalue weighted by Crippen LogP contribution is 2.36. The monoisotopic (exact) mass is 626 g/mol. The molecule has 0 aliphatic carbocycles. The third-order valence-electron chi connectivity index (χ3n) is 7.48. The number of halogens is 2. The van der Waals surface area contributed by atoms with Crippen LogP contribution in [0.2, 0.25) is 10.0 Å². The van der Waals surface area contributed by atoms with Gasteiger partial charge in [0.25, 0.3) is 0 Å². The lowest BCUT2D eigenvalue weighted by Crippen LogP contribution is -2.47. The Hall–Kier alpha value is -3.70. The molecule has 228 valence electrons. The normalized spacial score (nSPS) is 13.5. The number of piperazine rings is 1. The molecule has 0 radical (unpaired) electrons. The minimum atomic E-state index is -0.315. The summed E-state index contributed by atoms with van der Waals surface area (Å²) in [6.07, 6.45) is 2.99. The first kappa shape index (κ1) is 32.2. The number of aliphatic hydroxyl groups excluding tert-OH is 1. The Kier molecular flexibility index (Phi) is 11.0. The van der Waals surface area contributed by atoms with Gasteiger partial charge in [-0.05, 0) is 42.3 Å². The number of carbonyl (C=O) groups excluding carboxylic acids is 2. The maximum atomic E-state index is 13.3. The minimum absolute atomic E-state index is 0.0427. The topological polar surface area (TPSA) is 111 Å². The minimum Gasteiger partial charge on any atom is -0.495 e. The number of nitrogens with one attached hydrogen (secondary N) is 1. The van der Waals surface area contributed by atoms with Gasteiger partial charge in [0.15, 0.2) is 0 Å². The van der Waals surface area contributed by atoms with Crippen LogP contribution >= 0.6 is 23.2 Å². The van der Waals surface area contributed by atoms with Gasteiger partial charge in [0.1, 0.15) is 17.9 Å². The Balaban J connectivity index is 1.53. The molecule has 0 spiro atoms. The zero-order valence-corrected chi connectivity index (χ0v) is 26.1. The number of aliphatic hydroxyl groups is 1. The molecule has 1 fully saturated rings. The van der Waals surface area contributed by atoms with Crippen LogP contribution in [0.3, 0.4) is 0 Å². The highest BCUT2D eigenvalue weighted by Gasteiger charge is 2.22. The second kappa shape index (κ2) is 14.7. The zero-order chi connectivity index (χ0) is 31.1. The number of β-amino-alcohol motifs (C(OH)–C–C–N with tert-alkyl or cyclic N) is 1. The number of rotatable bonds is 11. The number of likely N-dealkylation sites (N-methyl/N-ethyl adjacent to an activating group) is 1. The summed E-state index contributed by atoms with van der Waals surface area (Å²) in [5.74, 6) is 0.289. The Bertz CT molecular complexity index is 1490. The van der Waals surface area contributed by atoms with Crippen molar-refractivity contribution in [1.82, 2.24) is 14.9 Å². The fourth-order valence-corrected chi connectivity index (χ4v) is 5.51. The molecular weight excluding hydrogens is 591 g/mol. The molecule has 12 heteroatoms. The Morgan fingerprint density at radius 1 is 1.14 bits per heavy atom. The molecule has 1 aromatic heterocycles. The number of carbonyl (C=O) groups is 2. The summed E-state index contributed by atoms with van der Waals surface area (Å²) >= 11 is 13.0. The number of aromatic nitrogens is 2. The number of hydrogen-bond donors (Lipinski definition) is 2. The lowest BCUT2D eigenvalue weighted by Gasteiger charge is -2.36. The van der Waals surface area contributed by atoms with E-state index in [4.69, 9.17) is 27.9 Å². The van der Waals surface area contributed by atoms with E-state index in [9.17, 15) is 14.7 Å². The number of methoxy groups -OCH3 is 1. The molecular formula is C31H36Cl2N6O4. The van der Waals surface area contributed by atoms with E-state index in [0.29, 0.717) is 51.5 Å². The van der Waals surface area contributed by atoms with Gasteiger partial charge in [-0.3, -0.25) is 19.4 Å². The van der Waals surface area contributed by atoms with Gasteiger partial charge in [-0.15, -0.1) is 0 Å². The first-order valence-electron chi connectivity index (χ1n) is 13.9. The second-order valence-electron chi connectivity index (χ2n) is 10.3. The van der Waals surface area contributed by atoms with E-state index in [2.05, 4.69) is 31.7 Å². The van der Waals surface area contributed by atoms with Gasteiger partial charge in [-0.1, -0.05) is 35.8 Å². The molecule has 0 atom stereocenters. The SMILES string of the molecule is C=CC(=O)Nc1cc(N2CCN(CCO)CC2)ccc1Cc1cc(N(C)C(=O)Cc2c(Cl)c(C)cc(OC)c2Cl)ncn1. The number of amides is 2. The van der Waals surface area contributed by atoms with E-state index < -0.39 is 0 Å². The molecule has 0 bridgehead atoms. The number of anilines is 3. The average molecular weight is 628 g/mol. The maximum Gasteiger partial charge on any atom is 0.247 e. The predicted octanol–water partition coefficient (Wildman–Crippen LogP) is 4.14. The van der Waals surface area contributed by atoms with E-state index in [-0.39, 0.29) is 24.8 Å². The second-order valence-corrected chi connectivity index (χ2v) is 11.0. The quantitative estimate of drug-likeness (QED) is 0.306. The van der Waals surface area contributed by atoms with E-state index >= 15 is 0 Å². The predicted molar refractivity (Wildman–Crippen MR) is 171 cm³/mol. The van der Waals surface area contributed by atoms with Crippen molar-refractivity contribution >= 4 is 52.2 Å². The third kappa shape index (κ3) is 7.83. The molecule has 1 aliphatic rings. The number of ether oxygens (including phenoxy) is 1. The molecule has 0 unspecified atom stereocenters. The Morgan fingerprint density at radius 3 is 2.56 bits per heavy atom. The maximum absolute atomic E-state index is 13.3. The van der Waals surface area contributed by atoms with Crippen molar-refractivity contribution in [2.24, 2.45) is 0 Å². The Morgan fingerprint density at radius 2 is 1.88 bits per heavy atom. The van der Waals surface area contributed by atoms with Crippen LogP contribution in [0.25, 0.3) is 0 Å². The number of nitrogens with zero attached hydrogens (tertiary/aromatic N) is 5. The lowest BCUT2D eigenvalue weighted by molar-refractivity contribution is -0.117. The van der Waals surface area contributed by atoms with Gasteiger partial charge < -0.3 is 20.1 Å². The van der Waals surface area contributed by atoms with Crippen molar-refractivity contribution in [3.05, 3.63) is 81.7 Å². The summed E-state index contributed by atoms with van der Waals surface area (Å²) in [7, 11) is 3.14. The number of benzene rings is 2. The van der Waals surface area contributed by atoms with Crippen LogP contribution in [0.4, 0.5) is 17.2 Å². The van der Waals surface area contributed by atoms with Crippen LogP contribution < -0.4 is 19.9 Å². The highest BCUT2D eigenvalue weighted by atomic mass is 35.5. The van der Waals surface area contributed by atoms with Crippen LogP contribution in [0.1, 0.15) is 22.4 Å². The first-order chi connectivity index (χ1) is 20.6. The van der Waals surface area contributed by atoms with Gasteiger partial charge in [0.2, 0.25) is 11.8 Å². The summed E-state index contributed by atoms with van der Waals surface area (Å²) in [4.78, 5) is 40.2. The van der Waals surface area contributed by atoms with Gasteiger partial charge in [-0.25, -0.2) is 9.97 Å². The summed E-state index contributed by atoms with van der Waals surface area (Å²) in [5, 5.41) is 12.9. The van der Waals surface area contributed by atoms with Crippen molar-refractivity contribution in [2.45, 2.75) is 19.8 Å². The third-order valence-corrected chi connectivity index (χ3v) is 8.42. The molecule has 2 amide bonds. The summed E-state index contributed by atoms with van der Waals surface area (Å²) in [5.41, 5.74) is 4.41. The van der Waals surface area contributed by atoms with Gasteiger partial charge in [0, 0.05) is 74.2 Å². The van der Waals surface area contributed by atoms with Crippen molar-refractivity contribution in [3.8, 4) is 5.75 Å². The van der Waals surface area contributed by atoms with Crippen molar-refractivity contribution in [2.75, 3.05) is 68.6 Å². The largest absolute Gasteiger partial charge is 0.495 e. The number of hydrogen-bond acceptors (Lipinski definition) is 8. The highest BCUT2D eigenvalue weighted by molar-refractivity contribution is 6.37. The molecule has 3 aromatic rings. The fraction of sp³-hybridized carbons (Fsp3) is 0.355. The first-order valence-corrected chi connectivity index (χ1v) is 14.6. The van der Waals surface area contributed by atoms with E-state index in [1.165, 1.54) is 24.4 Å². The van der Waals surface area contributed by atoms with E-state index in [1.54, 1.807) is 19.2 Å². The standard InChI is InChI=1S/C31H36Cl2N6O4/c1-5-28(41)36-25-17-23(39-10-8-38(9-11-39)12-13-40)7-6-21(25)15-22-16-27(35-19-34-22)37(3)29(42)18-24-30(32)20(2)14-26(43-4)31(24)33/h5-7,14,16-17,19,40H,1,8-13,15,18H2,2-4H3,(H,36,41). The molecule has 2 heterocycles. The molecule has 10 nitrogen and oxygen atoms in total. The smallest absolute Gasteiger partial charge is 0.247 e. The van der Waals surface area contributed by atoms with Crippen molar-refractivity contribution < 1.29 is 19.4 Å². The van der Waals surface area contributed by atoms with Crippen LogP contribution in [-0.4, -0.2) is 85.3 Å². The van der Waals surface area contributed by atoms with Gasteiger partial charge in [-0.2, -0.15) is 0 Å². The molecule has 1 aliphatic heterocycles. The van der Waals surface area contributed by atoms with Crippen LogP contribution in [0.5, 0.6) is 5.75 Å². The molecule has 1 saturated heterocycles. The zero-order valence-electron chi connectivity index (χ0n) is 24.6. The van der Waals surface area contributed by atoms with Crippen LogP contribution in [0, 0.1) is 6.92 Å². The van der Waals surface area contributed by atoms with Gasteiger partial charge >= 0.3 is 0 Å². The summed E-state index contributed by atoms with van der Waals surface area (Å²) < 4.78 is 5.34.